The number of nitrogens with one attached hydrogen (secondary N) is 1. The molecule has 1 aromatic carbocycles. The van der Waals surface area contributed by atoms with Crippen molar-refractivity contribution >= 4 is 5.69 Å². The highest BCUT2D eigenvalue weighted by molar-refractivity contribution is 5.57. The molecule has 0 aliphatic carbocycles. The molecular weight excluding hydrogens is 190 g/mol. The van der Waals surface area contributed by atoms with Crippen LogP contribution in [-0.4, -0.2) is 26.9 Å². The third-order valence-corrected chi connectivity index (χ3v) is 2.81. The maximum atomic E-state index is 5.20. The summed E-state index contributed by atoms with van der Waals surface area (Å²) in [6.45, 7) is 0.761. The van der Waals surface area contributed by atoms with Crippen molar-refractivity contribution in [1.29, 1.82) is 0 Å². The number of ether oxygens (including phenoxy) is 2. The van der Waals surface area contributed by atoms with Crippen LogP contribution in [-0.2, 0) is 11.2 Å². The number of fused-ring (bicyclic) bond motifs is 1. The molecule has 1 heterocycles. The summed E-state index contributed by atoms with van der Waals surface area (Å²) >= 11 is 0. The normalized spacial score (nSPS) is 19.2. The van der Waals surface area contributed by atoms with Gasteiger partial charge >= 0.3 is 0 Å². The van der Waals surface area contributed by atoms with E-state index in [2.05, 4.69) is 17.4 Å². The highest BCUT2D eigenvalue weighted by Crippen LogP contribution is 2.28. The monoisotopic (exact) mass is 207 g/mol. The van der Waals surface area contributed by atoms with E-state index in [1.807, 2.05) is 6.07 Å². The molecule has 0 saturated carbocycles. The summed E-state index contributed by atoms with van der Waals surface area (Å²) in [6.07, 6.45) is 2.24. The summed E-state index contributed by atoms with van der Waals surface area (Å²) in [5, 5.41) is 3.47. The largest absolute Gasteiger partial charge is 0.497 e. The van der Waals surface area contributed by atoms with Gasteiger partial charge in [-0.05, 0) is 24.5 Å². The molecule has 15 heavy (non-hydrogen) atoms. The lowest BCUT2D eigenvalue weighted by molar-refractivity contribution is 0.182. The maximum Gasteiger partial charge on any atom is 0.120 e. The van der Waals surface area contributed by atoms with Gasteiger partial charge in [0.25, 0.3) is 0 Å². The lowest BCUT2D eigenvalue weighted by atomic mass is 9.98. The summed E-state index contributed by atoms with van der Waals surface area (Å²) in [6, 6.07) is 6.62. The van der Waals surface area contributed by atoms with E-state index in [9.17, 15) is 0 Å². The molecule has 1 unspecified atom stereocenters. The molecule has 0 amide bonds. The summed E-state index contributed by atoms with van der Waals surface area (Å²) in [5.41, 5.74) is 2.55. The molecule has 1 aliphatic rings. The summed E-state index contributed by atoms with van der Waals surface area (Å²) in [4.78, 5) is 0. The minimum atomic E-state index is 0.426. The van der Waals surface area contributed by atoms with Gasteiger partial charge in [0.05, 0.1) is 13.7 Å². The zero-order valence-electron chi connectivity index (χ0n) is 9.25. The molecular formula is C12H17NO2. The van der Waals surface area contributed by atoms with Gasteiger partial charge < -0.3 is 14.8 Å². The molecule has 0 bridgehead atoms. The van der Waals surface area contributed by atoms with E-state index < -0.39 is 0 Å². The Hall–Kier alpha value is -1.22. The van der Waals surface area contributed by atoms with Gasteiger partial charge in [-0.15, -0.1) is 0 Å². The Balaban J connectivity index is 2.16. The van der Waals surface area contributed by atoms with Crippen LogP contribution < -0.4 is 10.1 Å². The Kier molecular flexibility index (Phi) is 3.11. The van der Waals surface area contributed by atoms with Crippen LogP contribution in [0.3, 0.4) is 0 Å². The molecule has 2 rings (SSSR count). The van der Waals surface area contributed by atoms with E-state index >= 15 is 0 Å². The second-order valence-electron chi connectivity index (χ2n) is 3.86. The fourth-order valence-corrected chi connectivity index (χ4v) is 1.98. The topological polar surface area (TPSA) is 30.5 Å². The number of hydrogen-bond donors (Lipinski definition) is 1. The molecule has 0 spiro atoms. The van der Waals surface area contributed by atoms with Crippen molar-refractivity contribution in [3.63, 3.8) is 0 Å². The first-order chi connectivity index (χ1) is 7.33. The van der Waals surface area contributed by atoms with Crippen molar-refractivity contribution in [3.8, 4) is 5.75 Å². The third kappa shape index (κ3) is 2.23. The summed E-state index contributed by atoms with van der Waals surface area (Å²) in [5.74, 6) is 0.902. The van der Waals surface area contributed by atoms with Gasteiger partial charge in [0.15, 0.2) is 0 Å². The van der Waals surface area contributed by atoms with Crippen LogP contribution in [0.1, 0.15) is 12.0 Å². The Morgan fingerprint density at radius 2 is 2.27 bits per heavy atom. The molecule has 1 atom stereocenters. The highest BCUT2D eigenvalue weighted by Gasteiger charge is 2.17. The Morgan fingerprint density at radius 1 is 1.40 bits per heavy atom. The van der Waals surface area contributed by atoms with Crippen LogP contribution in [0.25, 0.3) is 0 Å². The predicted molar refractivity (Wildman–Crippen MR) is 60.6 cm³/mol. The standard InChI is InChI=1S/C12H17NO2/c1-14-8-10-5-3-9-4-6-11(15-2)7-12(9)13-10/h4,6-7,10,13H,3,5,8H2,1-2H3. The smallest absolute Gasteiger partial charge is 0.120 e. The first-order valence-corrected chi connectivity index (χ1v) is 5.26. The number of benzene rings is 1. The van der Waals surface area contributed by atoms with Crippen molar-refractivity contribution < 1.29 is 9.47 Å². The molecule has 3 nitrogen and oxygen atoms in total. The fraction of sp³-hybridized carbons (Fsp3) is 0.500. The lowest BCUT2D eigenvalue weighted by Gasteiger charge is -2.26. The Bertz CT molecular complexity index is 338. The first-order valence-electron chi connectivity index (χ1n) is 5.26. The minimum Gasteiger partial charge on any atom is -0.497 e. The Morgan fingerprint density at radius 3 is 3.00 bits per heavy atom. The van der Waals surface area contributed by atoms with Gasteiger partial charge in [-0.25, -0.2) is 0 Å². The van der Waals surface area contributed by atoms with E-state index in [4.69, 9.17) is 9.47 Å². The highest BCUT2D eigenvalue weighted by atomic mass is 16.5. The quantitative estimate of drug-likeness (QED) is 0.823. The van der Waals surface area contributed by atoms with Gasteiger partial charge in [0, 0.05) is 24.9 Å². The van der Waals surface area contributed by atoms with Crippen LogP contribution in [0.4, 0.5) is 5.69 Å². The second-order valence-corrected chi connectivity index (χ2v) is 3.86. The Labute approximate surface area is 90.4 Å². The minimum absolute atomic E-state index is 0.426. The van der Waals surface area contributed by atoms with Crippen LogP contribution in [0.2, 0.25) is 0 Å². The van der Waals surface area contributed by atoms with Gasteiger partial charge in [-0.3, -0.25) is 0 Å². The predicted octanol–water partition coefficient (Wildman–Crippen LogP) is 2.07. The lowest BCUT2D eigenvalue weighted by Crippen LogP contribution is -2.29. The van der Waals surface area contributed by atoms with Gasteiger partial charge in [0.2, 0.25) is 0 Å². The average Bonchev–Trinajstić information content (AvgIpc) is 2.28. The third-order valence-electron chi connectivity index (χ3n) is 2.81. The maximum absolute atomic E-state index is 5.20. The van der Waals surface area contributed by atoms with Crippen molar-refractivity contribution in [2.24, 2.45) is 0 Å². The van der Waals surface area contributed by atoms with Crippen LogP contribution in [0, 0.1) is 0 Å². The van der Waals surface area contributed by atoms with E-state index in [1.165, 1.54) is 11.3 Å². The number of methoxy groups -OCH3 is 2. The molecule has 3 heteroatoms. The zero-order chi connectivity index (χ0) is 10.7. The van der Waals surface area contributed by atoms with Gasteiger partial charge in [-0.2, -0.15) is 0 Å². The molecule has 0 radical (unpaired) electrons. The molecule has 0 saturated heterocycles. The first kappa shape index (κ1) is 10.3. The molecule has 0 fully saturated rings. The SMILES string of the molecule is COCC1CCc2ccc(OC)cc2N1. The van der Waals surface area contributed by atoms with Crippen molar-refractivity contribution in [3.05, 3.63) is 23.8 Å². The molecule has 1 aliphatic heterocycles. The van der Waals surface area contributed by atoms with Crippen LogP contribution in [0.5, 0.6) is 5.75 Å². The van der Waals surface area contributed by atoms with Crippen molar-refractivity contribution in [2.45, 2.75) is 18.9 Å². The van der Waals surface area contributed by atoms with Crippen molar-refractivity contribution in [1.82, 2.24) is 0 Å². The van der Waals surface area contributed by atoms with Gasteiger partial charge in [0.1, 0.15) is 5.75 Å². The summed E-state index contributed by atoms with van der Waals surface area (Å²) < 4.78 is 10.4. The number of aryl methyl sites for hydroxylation is 1. The second kappa shape index (κ2) is 4.53. The molecule has 1 aromatic rings. The molecule has 1 N–H and O–H groups in total. The van der Waals surface area contributed by atoms with E-state index in [0.717, 1.165) is 25.2 Å². The van der Waals surface area contributed by atoms with E-state index in [1.54, 1.807) is 14.2 Å². The van der Waals surface area contributed by atoms with Crippen LogP contribution >= 0.6 is 0 Å². The number of anilines is 1. The zero-order valence-corrected chi connectivity index (χ0v) is 9.25. The fourth-order valence-electron chi connectivity index (χ4n) is 1.98. The van der Waals surface area contributed by atoms with Crippen molar-refractivity contribution in [2.75, 3.05) is 26.1 Å². The number of hydrogen-bond acceptors (Lipinski definition) is 3. The van der Waals surface area contributed by atoms with E-state index in [0.29, 0.717) is 6.04 Å². The number of rotatable bonds is 3. The van der Waals surface area contributed by atoms with Crippen LogP contribution in [0.15, 0.2) is 18.2 Å². The molecule has 0 aromatic heterocycles. The van der Waals surface area contributed by atoms with Gasteiger partial charge in [-0.1, -0.05) is 6.07 Å². The average molecular weight is 207 g/mol. The molecule has 82 valence electrons. The summed E-state index contributed by atoms with van der Waals surface area (Å²) in [7, 11) is 3.43. The van der Waals surface area contributed by atoms with E-state index in [-0.39, 0.29) is 0 Å².